The van der Waals surface area contributed by atoms with Crippen molar-refractivity contribution in [2.45, 2.75) is 49.0 Å². The van der Waals surface area contributed by atoms with Crippen LogP contribution in [-0.4, -0.2) is 59.8 Å². The lowest BCUT2D eigenvalue weighted by Gasteiger charge is -2.59. The number of piperidine rings is 1. The molecule has 2 saturated heterocycles. The van der Waals surface area contributed by atoms with Crippen molar-refractivity contribution in [1.82, 2.24) is 9.21 Å². The van der Waals surface area contributed by atoms with Crippen molar-refractivity contribution in [2.75, 3.05) is 19.6 Å². The van der Waals surface area contributed by atoms with E-state index in [4.69, 9.17) is 5.11 Å². The predicted molar refractivity (Wildman–Crippen MR) is 97.8 cm³/mol. The number of benzene rings is 1. The van der Waals surface area contributed by atoms with Crippen molar-refractivity contribution in [1.29, 1.82) is 0 Å². The number of hydrogen-bond acceptors (Lipinski definition) is 4. The van der Waals surface area contributed by atoms with E-state index < -0.39 is 16.0 Å². The lowest BCUT2D eigenvalue weighted by atomic mass is 9.67. The van der Waals surface area contributed by atoms with E-state index in [2.05, 4.69) is 0 Å². The summed E-state index contributed by atoms with van der Waals surface area (Å²) in [6, 6.07) is 5.26. The summed E-state index contributed by atoms with van der Waals surface area (Å²) in [6.45, 7) is 1.48. The maximum atomic E-state index is 12.8. The minimum atomic E-state index is -3.67. The first kappa shape index (κ1) is 18.4. The summed E-state index contributed by atoms with van der Waals surface area (Å²) in [4.78, 5) is 25.9. The SMILES string of the molecule is O=C(O)c1ccc(S(=O)(=O)N2CCC(C(=O)N3CCC34CCC4)CC2)cc1. The Morgan fingerprint density at radius 1 is 1.00 bits per heavy atom. The molecule has 0 unspecified atom stereocenters. The van der Waals surface area contributed by atoms with E-state index in [0.29, 0.717) is 25.9 Å². The number of carboxylic acids is 1. The number of carbonyl (C=O) groups excluding carboxylic acids is 1. The van der Waals surface area contributed by atoms with Gasteiger partial charge in [-0.05, 0) is 62.8 Å². The largest absolute Gasteiger partial charge is 0.478 e. The third kappa shape index (κ3) is 3.04. The van der Waals surface area contributed by atoms with Crippen LogP contribution in [0.3, 0.4) is 0 Å². The molecule has 146 valence electrons. The minimum Gasteiger partial charge on any atom is -0.478 e. The third-order valence-corrected chi connectivity index (χ3v) is 8.38. The number of amides is 1. The van der Waals surface area contributed by atoms with E-state index in [1.807, 2.05) is 4.90 Å². The van der Waals surface area contributed by atoms with Gasteiger partial charge in [-0.15, -0.1) is 0 Å². The van der Waals surface area contributed by atoms with Crippen molar-refractivity contribution in [2.24, 2.45) is 5.92 Å². The van der Waals surface area contributed by atoms with Crippen molar-refractivity contribution >= 4 is 21.9 Å². The lowest BCUT2D eigenvalue weighted by molar-refractivity contribution is -0.161. The molecule has 1 aromatic carbocycles. The van der Waals surface area contributed by atoms with Crippen LogP contribution < -0.4 is 0 Å². The minimum absolute atomic E-state index is 0.0535. The molecule has 1 saturated carbocycles. The normalized spacial score (nSPS) is 22.9. The van der Waals surface area contributed by atoms with Crippen LogP contribution in [0.4, 0.5) is 0 Å². The Morgan fingerprint density at radius 2 is 1.63 bits per heavy atom. The molecule has 1 amide bonds. The summed E-state index contributed by atoms with van der Waals surface area (Å²) in [7, 11) is -3.67. The van der Waals surface area contributed by atoms with E-state index in [-0.39, 0.29) is 27.8 Å². The zero-order valence-electron chi connectivity index (χ0n) is 15.1. The molecule has 3 fully saturated rings. The highest BCUT2D eigenvalue weighted by molar-refractivity contribution is 7.89. The molecule has 0 atom stereocenters. The maximum Gasteiger partial charge on any atom is 0.335 e. The first-order valence-electron chi connectivity index (χ1n) is 9.48. The molecule has 27 heavy (non-hydrogen) atoms. The van der Waals surface area contributed by atoms with Gasteiger partial charge in [-0.25, -0.2) is 13.2 Å². The Kier molecular flexibility index (Phi) is 4.50. The van der Waals surface area contributed by atoms with Crippen LogP contribution in [0.15, 0.2) is 29.2 Å². The summed E-state index contributed by atoms with van der Waals surface area (Å²) >= 11 is 0. The molecule has 1 spiro atoms. The monoisotopic (exact) mass is 392 g/mol. The maximum absolute atomic E-state index is 12.8. The highest BCUT2D eigenvalue weighted by Crippen LogP contribution is 2.48. The lowest BCUT2D eigenvalue weighted by Crippen LogP contribution is -2.67. The van der Waals surface area contributed by atoms with Gasteiger partial charge in [0.05, 0.1) is 10.5 Å². The van der Waals surface area contributed by atoms with Crippen LogP contribution in [0.2, 0.25) is 0 Å². The summed E-state index contributed by atoms with van der Waals surface area (Å²) in [5.41, 5.74) is 0.185. The third-order valence-electron chi connectivity index (χ3n) is 6.47. The molecule has 1 N–H and O–H groups in total. The molecule has 1 aromatic rings. The molecule has 1 aliphatic carbocycles. The number of carbonyl (C=O) groups is 2. The van der Waals surface area contributed by atoms with Crippen molar-refractivity contribution in [3.8, 4) is 0 Å². The fourth-order valence-corrected chi connectivity index (χ4v) is 5.94. The number of nitrogens with zero attached hydrogens (tertiary/aromatic N) is 2. The van der Waals surface area contributed by atoms with E-state index in [0.717, 1.165) is 25.8 Å². The summed E-state index contributed by atoms with van der Waals surface area (Å²) in [5, 5.41) is 8.94. The average molecular weight is 392 g/mol. The van der Waals surface area contributed by atoms with Gasteiger partial charge in [0.1, 0.15) is 0 Å². The van der Waals surface area contributed by atoms with Crippen molar-refractivity contribution in [3.63, 3.8) is 0 Å². The quantitative estimate of drug-likeness (QED) is 0.845. The number of likely N-dealkylation sites (tertiary alicyclic amines) is 1. The Labute approximate surface area is 159 Å². The second-order valence-electron chi connectivity index (χ2n) is 7.83. The fraction of sp³-hybridized carbons (Fsp3) is 0.579. The molecule has 0 aromatic heterocycles. The number of hydrogen-bond donors (Lipinski definition) is 1. The Balaban J connectivity index is 1.39. The second-order valence-corrected chi connectivity index (χ2v) is 9.76. The smallest absolute Gasteiger partial charge is 0.335 e. The second kappa shape index (κ2) is 6.60. The molecule has 3 aliphatic rings. The van der Waals surface area contributed by atoms with Crippen LogP contribution in [-0.2, 0) is 14.8 Å². The van der Waals surface area contributed by atoms with Crippen LogP contribution in [0.1, 0.15) is 48.9 Å². The van der Waals surface area contributed by atoms with Crippen molar-refractivity contribution < 1.29 is 23.1 Å². The molecule has 8 heteroatoms. The molecule has 7 nitrogen and oxygen atoms in total. The first-order chi connectivity index (χ1) is 12.8. The molecular formula is C19H24N2O5S. The summed E-state index contributed by atoms with van der Waals surface area (Å²) in [6.07, 6.45) is 5.60. The highest BCUT2D eigenvalue weighted by Gasteiger charge is 2.52. The van der Waals surface area contributed by atoms with Crippen molar-refractivity contribution in [3.05, 3.63) is 29.8 Å². The van der Waals surface area contributed by atoms with Gasteiger partial charge in [0.2, 0.25) is 15.9 Å². The van der Waals surface area contributed by atoms with Crippen LogP contribution in [0.25, 0.3) is 0 Å². The summed E-state index contributed by atoms with van der Waals surface area (Å²) < 4.78 is 27.0. The summed E-state index contributed by atoms with van der Waals surface area (Å²) in [5.74, 6) is -0.985. The van der Waals surface area contributed by atoms with Gasteiger partial charge in [-0.1, -0.05) is 0 Å². The molecule has 4 rings (SSSR count). The number of aromatic carboxylic acids is 1. The van der Waals surface area contributed by atoms with E-state index in [1.54, 1.807) is 0 Å². The van der Waals surface area contributed by atoms with Gasteiger partial charge in [-0.2, -0.15) is 4.31 Å². The van der Waals surface area contributed by atoms with Gasteiger partial charge in [0, 0.05) is 31.1 Å². The van der Waals surface area contributed by atoms with Gasteiger partial charge in [0.15, 0.2) is 0 Å². The van der Waals surface area contributed by atoms with Gasteiger partial charge >= 0.3 is 5.97 Å². The van der Waals surface area contributed by atoms with E-state index >= 15 is 0 Å². The molecular weight excluding hydrogens is 368 g/mol. The van der Waals surface area contributed by atoms with E-state index in [1.165, 1.54) is 35.0 Å². The zero-order chi connectivity index (χ0) is 19.2. The molecule has 2 heterocycles. The van der Waals surface area contributed by atoms with E-state index in [9.17, 15) is 18.0 Å². The van der Waals surface area contributed by atoms with Crippen LogP contribution >= 0.6 is 0 Å². The van der Waals surface area contributed by atoms with Gasteiger partial charge in [-0.3, -0.25) is 4.79 Å². The molecule has 0 radical (unpaired) electrons. The fourth-order valence-electron chi connectivity index (χ4n) is 4.47. The zero-order valence-corrected chi connectivity index (χ0v) is 16.0. The van der Waals surface area contributed by atoms with Crippen LogP contribution in [0.5, 0.6) is 0 Å². The topological polar surface area (TPSA) is 95.0 Å². The number of carboxylic acid groups (broad SMARTS) is 1. The van der Waals surface area contributed by atoms with Crippen LogP contribution in [0, 0.1) is 5.92 Å². The first-order valence-corrected chi connectivity index (χ1v) is 10.9. The van der Waals surface area contributed by atoms with Gasteiger partial charge in [0.25, 0.3) is 0 Å². The standard InChI is InChI=1S/C19H24N2O5S/c22-17(21-13-10-19(21)8-1-9-19)14-6-11-20(12-7-14)27(25,26)16-4-2-15(3-5-16)18(23)24/h2-5,14H,1,6-13H2,(H,23,24). The highest BCUT2D eigenvalue weighted by atomic mass is 32.2. The van der Waals surface area contributed by atoms with Gasteiger partial charge < -0.3 is 10.0 Å². The Morgan fingerprint density at radius 3 is 2.07 bits per heavy atom. The average Bonchev–Trinajstić information content (AvgIpc) is 2.59. The number of sulfonamides is 1. The predicted octanol–water partition coefficient (Wildman–Crippen LogP) is 1.94. The Bertz CT molecular complexity index is 847. The molecule has 2 aliphatic heterocycles. The number of rotatable bonds is 4. The Hall–Kier alpha value is -1.93. The molecule has 0 bridgehead atoms.